The van der Waals surface area contributed by atoms with E-state index in [4.69, 9.17) is 0 Å². The largest absolute Gasteiger partial charge is 0.349 e. The SMILES string of the molecule is CCC(NC(=O)CCCN(C)S(=O)(=O)c1cccs1)c1ccc(C)cc1. The van der Waals surface area contributed by atoms with E-state index in [0.717, 1.165) is 12.0 Å². The summed E-state index contributed by atoms with van der Waals surface area (Å²) in [7, 11) is -1.90. The van der Waals surface area contributed by atoms with Crippen molar-refractivity contribution in [2.75, 3.05) is 13.6 Å². The van der Waals surface area contributed by atoms with Gasteiger partial charge in [-0.1, -0.05) is 42.8 Å². The van der Waals surface area contributed by atoms with Gasteiger partial charge in [0, 0.05) is 20.0 Å². The molecule has 0 spiro atoms. The minimum atomic E-state index is -3.45. The van der Waals surface area contributed by atoms with Crippen LogP contribution in [0, 0.1) is 6.92 Å². The maximum atomic E-state index is 12.3. The Hall–Kier alpha value is -1.70. The van der Waals surface area contributed by atoms with Crippen molar-refractivity contribution in [3.8, 4) is 0 Å². The molecule has 5 nitrogen and oxygen atoms in total. The predicted octanol–water partition coefficient (Wildman–Crippen LogP) is 3.72. The molecule has 7 heteroatoms. The first kappa shape index (κ1) is 20.6. The van der Waals surface area contributed by atoms with Crippen LogP contribution < -0.4 is 5.32 Å². The molecule has 1 atom stereocenters. The highest BCUT2D eigenvalue weighted by atomic mass is 32.2. The Kier molecular flexibility index (Phi) is 7.37. The average Bonchev–Trinajstić information content (AvgIpc) is 3.16. The lowest BCUT2D eigenvalue weighted by atomic mass is 10.0. The summed E-state index contributed by atoms with van der Waals surface area (Å²) in [6.45, 7) is 4.38. The molecular weight excluding hydrogens is 368 g/mol. The second-order valence-electron chi connectivity index (χ2n) is 6.30. The summed E-state index contributed by atoms with van der Waals surface area (Å²) in [5, 5.41) is 4.78. The van der Waals surface area contributed by atoms with Crippen LogP contribution in [0.4, 0.5) is 0 Å². The standard InChI is InChI=1S/C19H26N2O3S2/c1-4-17(16-11-9-15(2)10-12-16)20-18(22)7-5-13-21(3)26(23,24)19-8-6-14-25-19/h6,8-12,14,17H,4-5,7,13H2,1-3H3,(H,20,22). The van der Waals surface area contributed by atoms with Crippen LogP contribution in [0.5, 0.6) is 0 Å². The first-order valence-electron chi connectivity index (χ1n) is 8.70. The smallest absolute Gasteiger partial charge is 0.252 e. The predicted molar refractivity (Wildman–Crippen MR) is 106 cm³/mol. The van der Waals surface area contributed by atoms with Crippen LogP contribution in [0.3, 0.4) is 0 Å². The van der Waals surface area contributed by atoms with Crippen LogP contribution in [0.2, 0.25) is 0 Å². The molecule has 0 saturated carbocycles. The van der Waals surface area contributed by atoms with E-state index in [1.54, 1.807) is 24.6 Å². The molecule has 0 aliphatic heterocycles. The molecule has 0 saturated heterocycles. The third-order valence-electron chi connectivity index (χ3n) is 4.26. The Morgan fingerprint density at radius 2 is 1.92 bits per heavy atom. The fourth-order valence-corrected chi connectivity index (χ4v) is 5.04. The third-order valence-corrected chi connectivity index (χ3v) is 7.49. The van der Waals surface area contributed by atoms with Crippen molar-refractivity contribution in [1.29, 1.82) is 0 Å². The van der Waals surface area contributed by atoms with E-state index in [1.807, 2.05) is 38.1 Å². The number of nitrogens with zero attached hydrogens (tertiary/aromatic N) is 1. The molecule has 1 aromatic carbocycles. The first-order chi connectivity index (χ1) is 12.3. The molecule has 2 aromatic rings. The Labute approximate surface area is 160 Å². The van der Waals surface area contributed by atoms with E-state index in [9.17, 15) is 13.2 Å². The minimum absolute atomic E-state index is 0.0179. The van der Waals surface area contributed by atoms with Gasteiger partial charge in [-0.2, -0.15) is 0 Å². The molecule has 0 bridgehead atoms. The molecule has 26 heavy (non-hydrogen) atoms. The Balaban J connectivity index is 1.83. The number of thiophene rings is 1. The van der Waals surface area contributed by atoms with Crippen LogP contribution in [0.1, 0.15) is 43.4 Å². The number of carbonyl (C=O) groups excluding carboxylic acids is 1. The number of hydrogen-bond donors (Lipinski definition) is 1. The van der Waals surface area contributed by atoms with Crippen molar-refractivity contribution in [3.63, 3.8) is 0 Å². The molecule has 1 unspecified atom stereocenters. The van der Waals surface area contributed by atoms with E-state index >= 15 is 0 Å². The Bertz CT molecular complexity index is 800. The minimum Gasteiger partial charge on any atom is -0.349 e. The van der Waals surface area contributed by atoms with Crippen molar-refractivity contribution in [1.82, 2.24) is 9.62 Å². The maximum absolute atomic E-state index is 12.3. The molecule has 142 valence electrons. The van der Waals surface area contributed by atoms with Crippen molar-refractivity contribution in [2.24, 2.45) is 0 Å². The third kappa shape index (κ3) is 5.40. The average molecular weight is 395 g/mol. The summed E-state index contributed by atoms with van der Waals surface area (Å²) in [6, 6.07) is 11.4. The fraction of sp³-hybridized carbons (Fsp3) is 0.421. The number of sulfonamides is 1. The summed E-state index contributed by atoms with van der Waals surface area (Å²) in [5.74, 6) is -0.0562. The van der Waals surface area contributed by atoms with Gasteiger partial charge >= 0.3 is 0 Å². The molecule has 0 radical (unpaired) electrons. The highest BCUT2D eigenvalue weighted by molar-refractivity contribution is 7.91. The van der Waals surface area contributed by atoms with Gasteiger partial charge in [0.25, 0.3) is 10.0 Å². The van der Waals surface area contributed by atoms with Gasteiger partial charge in [-0.3, -0.25) is 4.79 Å². The molecular formula is C19H26N2O3S2. The number of nitrogens with one attached hydrogen (secondary N) is 1. The highest BCUT2D eigenvalue weighted by Gasteiger charge is 2.21. The van der Waals surface area contributed by atoms with Gasteiger partial charge in [-0.15, -0.1) is 11.3 Å². The van der Waals surface area contributed by atoms with Crippen molar-refractivity contribution < 1.29 is 13.2 Å². The summed E-state index contributed by atoms with van der Waals surface area (Å²) in [5.41, 5.74) is 2.27. The number of carbonyl (C=O) groups is 1. The number of benzene rings is 1. The number of rotatable bonds is 9. The van der Waals surface area contributed by atoms with Crippen LogP contribution in [-0.4, -0.2) is 32.2 Å². The van der Waals surface area contributed by atoms with E-state index in [1.165, 1.54) is 21.2 Å². The van der Waals surface area contributed by atoms with Crippen LogP contribution in [0.15, 0.2) is 46.0 Å². The monoisotopic (exact) mass is 394 g/mol. The van der Waals surface area contributed by atoms with E-state index in [-0.39, 0.29) is 11.9 Å². The quantitative estimate of drug-likeness (QED) is 0.705. The number of aryl methyl sites for hydroxylation is 1. The summed E-state index contributed by atoms with van der Waals surface area (Å²) in [6.07, 6.45) is 1.59. The lowest BCUT2D eigenvalue weighted by molar-refractivity contribution is -0.122. The molecule has 0 aliphatic carbocycles. The number of hydrogen-bond acceptors (Lipinski definition) is 4. The van der Waals surface area contributed by atoms with E-state index in [0.29, 0.717) is 23.6 Å². The van der Waals surface area contributed by atoms with Crippen molar-refractivity contribution in [2.45, 2.75) is 43.4 Å². The zero-order valence-corrected chi connectivity index (χ0v) is 17.1. The second kappa shape index (κ2) is 9.30. The van der Waals surface area contributed by atoms with E-state index < -0.39 is 10.0 Å². The van der Waals surface area contributed by atoms with Crippen LogP contribution in [0.25, 0.3) is 0 Å². The lowest BCUT2D eigenvalue weighted by Gasteiger charge is -2.19. The molecule has 1 aromatic heterocycles. The topological polar surface area (TPSA) is 66.5 Å². The fourth-order valence-electron chi connectivity index (χ4n) is 2.63. The van der Waals surface area contributed by atoms with Crippen molar-refractivity contribution in [3.05, 3.63) is 52.9 Å². The van der Waals surface area contributed by atoms with Gasteiger partial charge in [-0.25, -0.2) is 12.7 Å². The molecule has 0 aliphatic rings. The molecule has 2 rings (SSSR count). The van der Waals surface area contributed by atoms with Gasteiger partial charge in [0.2, 0.25) is 5.91 Å². The van der Waals surface area contributed by atoms with Gasteiger partial charge in [0.15, 0.2) is 0 Å². The molecule has 1 N–H and O–H groups in total. The highest BCUT2D eigenvalue weighted by Crippen LogP contribution is 2.20. The lowest BCUT2D eigenvalue weighted by Crippen LogP contribution is -2.30. The van der Waals surface area contributed by atoms with Crippen LogP contribution in [-0.2, 0) is 14.8 Å². The van der Waals surface area contributed by atoms with Gasteiger partial charge in [0.1, 0.15) is 4.21 Å². The molecule has 1 amide bonds. The first-order valence-corrected chi connectivity index (χ1v) is 11.0. The van der Waals surface area contributed by atoms with Gasteiger partial charge in [0.05, 0.1) is 6.04 Å². The van der Waals surface area contributed by atoms with Crippen molar-refractivity contribution >= 4 is 27.3 Å². The van der Waals surface area contributed by atoms with Crippen LogP contribution >= 0.6 is 11.3 Å². The van der Waals surface area contributed by atoms with Gasteiger partial charge in [-0.05, 0) is 36.8 Å². The summed E-state index contributed by atoms with van der Waals surface area (Å²) < 4.78 is 26.3. The Morgan fingerprint density at radius 3 is 2.50 bits per heavy atom. The van der Waals surface area contributed by atoms with E-state index in [2.05, 4.69) is 5.32 Å². The maximum Gasteiger partial charge on any atom is 0.252 e. The zero-order chi connectivity index (χ0) is 19.2. The van der Waals surface area contributed by atoms with Gasteiger partial charge < -0.3 is 5.32 Å². The molecule has 1 heterocycles. The second-order valence-corrected chi connectivity index (χ2v) is 9.52. The number of amides is 1. The molecule has 0 fully saturated rings. The summed E-state index contributed by atoms with van der Waals surface area (Å²) >= 11 is 1.20. The summed E-state index contributed by atoms with van der Waals surface area (Å²) in [4.78, 5) is 12.2. The Morgan fingerprint density at radius 1 is 1.23 bits per heavy atom. The normalized spacial score (nSPS) is 12.9. The zero-order valence-electron chi connectivity index (χ0n) is 15.4.